The Morgan fingerprint density at radius 1 is 1.30 bits per heavy atom. The Kier molecular flexibility index (Phi) is 9.53. The van der Waals surface area contributed by atoms with Crippen molar-refractivity contribution in [1.82, 2.24) is 20.3 Å². The zero-order valence-electron chi connectivity index (χ0n) is 16.4. The van der Waals surface area contributed by atoms with Gasteiger partial charge in [-0.2, -0.15) is 0 Å². The summed E-state index contributed by atoms with van der Waals surface area (Å²) in [4.78, 5) is 7.11. The predicted octanol–water partition coefficient (Wildman–Crippen LogP) is 1.70. The fraction of sp³-hybridized carbons (Fsp3) is 0.722. The third kappa shape index (κ3) is 8.16. The van der Waals surface area contributed by atoms with Crippen LogP contribution in [0.1, 0.15) is 33.1 Å². The second-order valence-electron chi connectivity index (χ2n) is 6.90. The highest BCUT2D eigenvalue weighted by Crippen LogP contribution is 2.16. The Morgan fingerprint density at radius 3 is 2.74 bits per heavy atom. The van der Waals surface area contributed by atoms with Crippen molar-refractivity contribution in [2.45, 2.75) is 37.3 Å². The van der Waals surface area contributed by atoms with Gasteiger partial charge in [0, 0.05) is 26.2 Å². The van der Waals surface area contributed by atoms with Crippen molar-refractivity contribution in [2.24, 2.45) is 10.9 Å². The zero-order chi connectivity index (χ0) is 19.5. The Morgan fingerprint density at radius 2 is 2.07 bits per heavy atom. The molecule has 7 nitrogen and oxygen atoms in total. The molecule has 1 aromatic heterocycles. The summed E-state index contributed by atoms with van der Waals surface area (Å²) in [5, 5.41) is 8.14. The van der Waals surface area contributed by atoms with Crippen LogP contribution in [0.15, 0.2) is 26.7 Å². The van der Waals surface area contributed by atoms with E-state index in [2.05, 4.69) is 32.2 Å². The molecule has 1 aliphatic heterocycles. The summed E-state index contributed by atoms with van der Waals surface area (Å²) in [6.07, 6.45) is 3.64. The fourth-order valence-electron chi connectivity index (χ4n) is 2.97. The molecule has 9 heteroatoms. The van der Waals surface area contributed by atoms with Crippen molar-refractivity contribution in [3.8, 4) is 0 Å². The first-order valence-electron chi connectivity index (χ1n) is 9.79. The highest BCUT2D eigenvalue weighted by Gasteiger charge is 2.15. The number of likely N-dealkylation sites (tertiary alicyclic amines) is 1. The van der Waals surface area contributed by atoms with Crippen LogP contribution in [0.2, 0.25) is 0 Å². The third-order valence-corrected chi connectivity index (χ3v) is 7.45. The molecule has 2 heterocycles. The monoisotopic (exact) mass is 415 g/mol. The summed E-state index contributed by atoms with van der Waals surface area (Å²) in [7, 11) is -3.40. The van der Waals surface area contributed by atoms with E-state index in [9.17, 15) is 8.42 Å². The molecule has 0 radical (unpaired) electrons. The molecule has 27 heavy (non-hydrogen) atoms. The van der Waals surface area contributed by atoms with Crippen LogP contribution in [0.5, 0.6) is 0 Å². The average Bonchev–Trinajstić information content (AvgIpc) is 3.19. The number of sulfonamides is 1. The van der Waals surface area contributed by atoms with Gasteiger partial charge in [-0.3, -0.25) is 4.99 Å². The lowest BCUT2D eigenvalue weighted by Gasteiger charge is -2.29. The zero-order valence-corrected chi connectivity index (χ0v) is 18.0. The number of nitrogens with zero attached hydrogens (tertiary/aromatic N) is 2. The van der Waals surface area contributed by atoms with Crippen molar-refractivity contribution < 1.29 is 8.42 Å². The molecule has 154 valence electrons. The first-order chi connectivity index (χ1) is 13.0. The molecule has 0 unspecified atom stereocenters. The minimum atomic E-state index is -3.40. The van der Waals surface area contributed by atoms with E-state index in [0.29, 0.717) is 17.3 Å². The van der Waals surface area contributed by atoms with Gasteiger partial charge in [0.25, 0.3) is 0 Å². The quantitative estimate of drug-likeness (QED) is 0.308. The van der Waals surface area contributed by atoms with Gasteiger partial charge >= 0.3 is 0 Å². The van der Waals surface area contributed by atoms with Crippen LogP contribution in [0.25, 0.3) is 0 Å². The number of hydrogen-bond acceptors (Lipinski definition) is 5. The third-order valence-electron chi connectivity index (χ3n) is 4.59. The van der Waals surface area contributed by atoms with E-state index < -0.39 is 10.0 Å². The summed E-state index contributed by atoms with van der Waals surface area (Å²) in [6.45, 7) is 10.2. The van der Waals surface area contributed by atoms with Gasteiger partial charge in [0.1, 0.15) is 4.21 Å². The molecule has 1 saturated heterocycles. The van der Waals surface area contributed by atoms with Crippen LogP contribution in [-0.4, -0.2) is 65.1 Å². The molecule has 0 spiro atoms. The van der Waals surface area contributed by atoms with Gasteiger partial charge in [0.15, 0.2) is 5.96 Å². The Balaban J connectivity index is 1.66. The Bertz CT molecular complexity index is 653. The standard InChI is InChI=1S/C18H33N5O2S2/c1-3-19-18(20-9-5-12-23-13-7-16(2)8-14-23)21-10-11-22-27(24,25)17-6-4-15-26-17/h4,6,15-16,22H,3,5,7-14H2,1-2H3,(H2,19,20,21). The molecule has 0 aromatic carbocycles. The summed E-state index contributed by atoms with van der Waals surface area (Å²) in [5.41, 5.74) is 0. The van der Waals surface area contributed by atoms with Gasteiger partial charge in [-0.1, -0.05) is 13.0 Å². The lowest BCUT2D eigenvalue weighted by Crippen LogP contribution is -2.41. The van der Waals surface area contributed by atoms with Crippen molar-refractivity contribution in [3.63, 3.8) is 0 Å². The summed E-state index contributed by atoms with van der Waals surface area (Å²) < 4.78 is 27.1. The van der Waals surface area contributed by atoms with Crippen LogP contribution in [0, 0.1) is 5.92 Å². The van der Waals surface area contributed by atoms with E-state index in [1.807, 2.05) is 6.92 Å². The molecule has 1 aromatic rings. The lowest BCUT2D eigenvalue weighted by atomic mass is 9.99. The highest BCUT2D eigenvalue weighted by molar-refractivity contribution is 7.91. The minimum Gasteiger partial charge on any atom is -0.357 e. The topological polar surface area (TPSA) is 85.8 Å². The number of rotatable bonds is 10. The SMILES string of the molecule is CCNC(=NCCCN1CCC(C)CC1)NCCNS(=O)(=O)c1cccs1. The van der Waals surface area contributed by atoms with E-state index >= 15 is 0 Å². The van der Waals surface area contributed by atoms with Gasteiger partial charge in [0.2, 0.25) is 10.0 Å². The number of hydrogen-bond donors (Lipinski definition) is 3. The fourth-order valence-corrected chi connectivity index (χ4v) is 5.04. The molecule has 0 saturated carbocycles. The number of piperidine rings is 1. The maximum Gasteiger partial charge on any atom is 0.250 e. The van der Waals surface area contributed by atoms with Gasteiger partial charge in [-0.15, -0.1) is 11.3 Å². The van der Waals surface area contributed by atoms with Gasteiger partial charge < -0.3 is 15.5 Å². The van der Waals surface area contributed by atoms with Gasteiger partial charge in [-0.05, 0) is 63.2 Å². The summed E-state index contributed by atoms with van der Waals surface area (Å²) in [5.74, 6) is 1.60. The van der Waals surface area contributed by atoms with Gasteiger partial charge in [0.05, 0.1) is 0 Å². The minimum absolute atomic E-state index is 0.316. The van der Waals surface area contributed by atoms with E-state index in [0.717, 1.165) is 37.9 Å². The van der Waals surface area contributed by atoms with Crippen LogP contribution in [0.3, 0.4) is 0 Å². The molecule has 0 amide bonds. The predicted molar refractivity (Wildman–Crippen MR) is 113 cm³/mol. The maximum absolute atomic E-state index is 12.1. The first-order valence-corrected chi connectivity index (χ1v) is 12.1. The normalized spacial score (nSPS) is 17.2. The molecule has 3 N–H and O–H groups in total. The molecular formula is C18H33N5O2S2. The first kappa shape index (κ1) is 22.1. The molecule has 0 aliphatic carbocycles. The van der Waals surface area contributed by atoms with Crippen molar-refractivity contribution >= 4 is 27.3 Å². The molecule has 0 bridgehead atoms. The van der Waals surface area contributed by atoms with Crippen molar-refractivity contribution in [2.75, 3.05) is 45.8 Å². The second kappa shape index (κ2) is 11.6. The van der Waals surface area contributed by atoms with E-state index in [1.165, 1.54) is 37.3 Å². The largest absolute Gasteiger partial charge is 0.357 e. The smallest absolute Gasteiger partial charge is 0.250 e. The Hall–Kier alpha value is -1.16. The lowest BCUT2D eigenvalue weighted by molar-refractivity contribution is 0.192. The van der Waals surface area contributed by atoms with Crippen LogP contribution < -0.4 is 15.4 Å². The highest BCUT2D eigenvalue weighted by atomic mass is 32.2. The van der Waals surface area contributed by atoms with E-state index in [1.54, 1.807) is 17.5 Å². The average molecular weight is 416 g/mol. The molecule has 1 fully saturated rings. The molecule has 2 rings (SSSR count). The Labute approximate surface area is 167 Å². The summed E-state index contributed by atoms with van der Waals surface area (Å²) >= 11 is 1.22. The summed E-state index contributed by atoms with van der Waals surface area (Å²) in [6, 6.07) is 3.34. The number of guanidine groups is 1. The van der Waals surface area contributed by atoms with Crippen molar-refractivity contribution in [1.29, 1.82) is 0 Å². The molecule has 1 aliphatic rings. The number of aliphatic imine (C=N–C) groups is 1. The van der Waals surface area contributed by atoms with Crippen molar-refractivity contribution in [3.05, 3.63) is 17.5 Å². The van der Waals surface area contributed by atoms with Crippen LogP contribution >= 0.6 is 11.3 Å². The van der Waals surface area contributed by atoms with E-state index in [4.69, 9.17) is 0 Å². The van der Waals surface area contributed by atoms with Gasteiger partial charge in [-0.25, -0.2) is 13.1 Å². The molecular weight excluding hydrogens is 382 g/mol. The number of nitrogens with one attached hydrogen (secondary N) is 3. The second-order valence-corrected chi connectivity index (χ2v) is 9.84. The van der Waals surface area contributed by atoms with E-state index in [-0.39, 0.29) is 0 Å². The van der Waals surface area contributed by atoms with Crippen LogP contribution in [-0.2, 0) is 10.0 Å². The molecule has 0 atom stereocenters. The number of thiophene rings is 1. The van der Waals surface area contributed by atoms with Crippen LogP contribution in [0.4, 0.5) is 0 Å². The maximum atomic E-state index is 12.1.